The lowest BCUT2D eigenvalue weighted by molar-refractivity contribution is -0.137. The molecule has 1 saturated carbocycles. The van der Waals surface area contributed by atoms with E-state index in [2.05, 4.69) is 20.8 Å². The zero-order valence-electron chi connectivity index (χ0n) is 18.2. The lowest BCUT2D eigenvalue weighted by atomic mass is 9.57. The van der Waals surface area contributed by atoms with Crippen molar-refractivity contribution in [1.82, 2.24) is 0 Å². The van der Waals surface area contributed by atoms with Gasteiger partial charge in [-0.15, -0.1) is 0 Å². The van der Waals surface area contributed by atoms with E-state index in [0.717, 1.165) is 18.3 Å². The van der Waals surface area contributed by atoms with Crippen LogP contribution in [0.25, 0.3) is 0 Å². The van der Waals surface area contributed by atoms with Gasteiger partial charge in [0.1, 0.15) is 23.6 Å². The number of benzene rings is 1. The molecule has 160 valence electrons. The zero-order chi connectivity index (χ0) is 21.6. The highest BCUT2D eigenvalue weighted by Crippen LogP contribution is 2.53. The molecule has 1 N–H and O–H groups in total. The van der Waals surface area contributed by atoms with Gasteiger partial charge in [0.15, 0.2) is 6.29 Å². The minimum Gasteiger partial charge on any atom is -0.486 e. The Morgan fingerprint density at radius 2 is 2.00 bits per heavy atom. The number of ether oxygens (including phenoxy) is 3. The van der Waals surface area contributed by atoms with E-state index in [1.165, 1.54) is 0 Å². The van der Waals surface area contributed by atoms with Crippen molar-refractivity contribution in [1.29, 1.82) is 0 Å². The molecule has 1 fully saturated rings. The maximum absolute atomic E-state index is 11.9. The van der Waals surface area contributed by atoms with Crippen LogP contribution >= 0.6 is 0 Å². The molecular weight excluding hydrogens is 372 g/mol. The Morgan fingerprint density at radius 3 is 2.62 bits per heavy atom. The van der Waals surface area contributed by atoms with Crippen molar-refractivity contribution in [2.75, 3.05) is 0 Å². The first-order chi connectivity index (χ1) is 13.4. The molecule has 6 nitrogen and oxygen atoms in total. The van der Waals surface area contributed by atoms with Gasteiger partial charge in [-0.25, -0.2) is 4.79 Å². The van der Waals surface area contributed by atoms with Gasteiger partial charge < -0.3 is 19.3 Å². The zero-order valence-corrected chi connectivity index (χ0v) is 18.2. The van der Waals surface area contributed by atoms with Crippen LogP contribution < -0.4 is 4.74 Å². The van der Waals surface area contributed by atoms with E-state index >= 15 is 0 Å². The first-order valence-electron chi connectivity index (χ1n) is 10.2. The molecule has 0 spiro atoms. The third-order valence-corrected chi connectivity index (χ3v) is 6.30. The van der Waals surface area contributed by atoms with Crippen molar-refractivity contribution in [3.63, 3.8) is 0 Å². The lowest BCUT2D eigenvalue weighted by Crippen LogP contribution is -2.58. The number of fused-ring (bicyclic) bond motifs is 2. The highest BCUT2D eigenvalue weighted by atomic mass is 16.7. The summed E-state index contributed by atoms with van der Waals surface area (Å²) >= 11 is 0. The van der Waals surface area contributed by atoms with Crippen molar-refractivity contribution in [2.45, 2.75) is 84.7 Å². The summed E-state index contributed by atoms with van der Waals surface area (Å²) in [6.07, 6.45) is 1.74. The summed E-state index contributed by atoms with van der Waals surface area (Å²) in [4.78, 5) is 23.6. The molecule has 3 atom stereocenters. The van der Waals surface area contributed by atoms with Crippen LogP contribution in [-0.4, -0.2) is 34.9 Å². The second-order valence-electron chi connectivity index (χ2n) is 10.1. The van der Waals surface area contributed by atoms with Crippen molar-refractivity contribution in [3.05, 3.63) is 28.8 Å². The third-order valence-electron chi connectivity index (χ3n) is 6.30. The predicted octanol–water partition coefficient (Wildman–Crippen LogP) is 4.44. The first kappa shape index (κ1) is 21.6. The van der Waals surface area contributed by atoms with E-state index in [9.17, 15) is 14.7 Å². The number of aliphatic hydroxyl groups excluding tert-OH is 1. The molecule has 1 aromatic rings. The average Bonchev–Trinajstić information content (AvgIpc) is 2.61. The Hall–Kier alpha value is -2.08. The Labute approximate surface area is 172 Å². The maximum atomic E-state index is 11.9. The second kappa shape index (κ2) is 7.31. The number of aliphatic hydroxyl groups is 1. The summed E-state index contributed by atoms with van der Waals surface area (Å²) in [7, 11) is 0. The molecule has 0 aromatic heterocycles. The molecule has 2 aliphatic rings. The fourth-order valence-corrected chi connectivity index (χ4v) is 4.69. The molecule has 1 aliphatic carbocycles. The van der Waals surface area contributed by atoms with E-state index in [1.807, 2.05) is 6.07 Å². The van der Waals surface area contributed by atoms with Crippen LogP contribution in [0.3, 0.4) is 0 Å². The highest BCUT2D eigenvalue weighted by molar-refractivity contribution is 5.81. The molecule has 0 unspecified atom stereocenters. The summed E-state index contributed by atoms with van der Waals surface area (Å²) in [6.45, 7) is 11.5. The lowest BCUT2D eigenvalue weighted by Gasteiger charge is -2.55. The van der Waals surface area contributed by atoms with E-state index in [1.54, 1.807) is 26.8 Å². The second-order valence-corrected chi connectivity index (χ2v) is 10.1. The van der Waals surface area contributed by atoms with E-state index < -0.39 is 23.5 Å². The highest BCUT2D eigenvalue weighted by Gasteiger charge is 2.54. The van der Waals surface area contributed by atoms with E-state index in [0.29, 0.717) is 29.7 Å². The molecule has 1 aromatic carbocycles. The predicted molar refractivity (Wildman–Crippen MR) is 108 cm³/mol. The number of rotatable bonds is 3. The van der Waals surface area contributed by atoms with Gasteiger partial charge in [0.25, 0.3) is 0 Å². The summed E-state index contributed by atoms with van der Waals surface area (Å²) in [5.41, 5.74) is 0.693. The van der Waals surface area contributed by atoms with Gasteiger partial charge in [-0.1, -0.05) is 13.8 Å². The molecule has 1 aliphatic heterocycles. The minimum absolute atomic E-state index is 0.0109. The third kappa shape index (κ3) is 4.27. The smallest absolute Gasteiger partial charge is 0.486 e. The van der Waals surface area contributed by atoms with Gasteiger partial charge >= 0.3 is 6.16 Å². The maximum Gasteiger partial charge on any atom is 0.509 e. The topological polar surface area (TPSA) is 82.1 Å². The molecule has 1 heterocycles. The Balaban J connectivity index is 1.87. The minimum atomic E-state index is -0.747. The molecule has 0 saturated heterocycles. The van der Waals surface area contributed by atoms with Gasteiger partial charge in [-0.05, 0) is 75.6 Å². The standard InChI is InChI=1S/C23H32O6/c1-21(2,3)29-20(26)27-13-14-9-15-11-17-22(4,5)18(25)7-8-23(17,6)28-19(15)16(10-14)12-24/h9-10,12,17-18,25H,7-8,11,13H2,1-6H3/t17-,18-,23-/m1/s1. The quantitative estimate of drug-likeness (QED) is 0.592. The van der Waals surface area contributed by atoms with Crippen LogP contribution in [0.15, 0.2) is 12.1 Å². The van der Waals surface area contributed by atoms with Gasteiger partial charge in [-0.3, -0.25) is 4.79 Å². The first-order valence-corrected chi connectivity index (χ1v) is 10.2. The molecular formula is C23H32O6. The van der Waals surface area contributed by atoms with Gasteiger partial charge in [0.2, 0.25) is 0 Å². The summed E-state index contributed by atoms with van der Waals surface area (Å²) < 4.78 is 16.8. The fourth-order valence-electron chi connectivity index (χ4n) is 4.69. The molecule has 0 radical (unpaired) electrons. The summed E-state index contributed by atoms with van der Waals surface area (Å²) in [5, 5.41) is 10.5. The SMILES string of the molecule is CC(C)(C)OC(=O)OCc1cc(C=O)c2c(c1)C[C@@H]1C(C)(C)[C@H](O)CC[C@@]1(C)O2. The molecule has 0 amide bonds. The number of hydrogen-bond acceptors (Lipinski definition) is 6. The number of carbonyl (C=O) groups is 2. The van der Waals surface area contributed by atoms with Crippen molar-refractivity contribution in [3.8, 4) is 5.75 Å². The fraction of sp³-hybridized carbons (Fsp3) is 0.652. The largest absolute Gasteiger partial charge is 0.509 e. The van der Waals surface area contributed by atoms with E-state index in [4.69, 9.17) is 14.2 Å². The van der Waals surface area contributed by atoms with Crippen LogP contribution in [0.1, 0.15) is 75.9 Å². The molecule has 0 bridgehead atoms. The number of carbonyl (C=O) groups excluding carboxylic acids is 2. The molecule has 6 heteroatoms. The van der Waals surface area contributed by atoms with E-state index in [-0.39, 0.29) is 17.9 Å². The monoisotopic (exact) mass is 404 g/mol. The average molecular weight is 405 g/mol. The summed E-state index contributed by atoms with van der Waals surface area (Å²) in [5.74, 6) is 0.708. The molecule has 29 heavy (non-hydrogen) atoms. The van der Waals surface area contributed by atoms with Crippen molar-refractivity contribution >= 4 is 12.4 Å². The Kier molecular flexibility index (Phi) is 5.45. The normalized spacial score (nSPS) is 27.8. The van der Waals surface area contributed by atoms with Crippen LogP contribution in [0.5, 0.6) is 5.75 Å². The summed E-state index contributed by atoms with van der Waals surface area (Å²) in [6, 6.07) is 3.62. The Bertz CT molecular complexity index is 806. The van der Waals surface area contributed by atoms with Gasteiger partial charge in [0, 0.05) is 5.92 Å². The van der Waals surface area contributed by atoms with Crippen molar-refractivity contribution < 1.29 is 28.9 Å². The van der Waals surface area contributed by atoms with Gasteiger partial charge in [-0.2, -0.15) is 0 Å². The van der Waals surface area contributed by atoms with Crippen LogP contribution in [0.2, 0.25) is 0 Å². The van der Waals surface area contributed by atoms with Crippen LogP contribution in [0, 0.1) is 11.3 Å². The van der Waals surface area contributed by atoms with Gasteiger partial charge in [0.05, 0.1) is 11.7 Å². The molecule has 3 rings (SSSR count). The number of aldehydes is 1. The van der Waals surface area contributed by atoms with Crippen LogP contribution in [0.4, 0.5) is 4.79 Å². The van der Waals surface area contributed by atoms with Crippen molar-refractivity contribution in [2.24, 2.45) is 11.3 Å². The number of hydrogen-bond donors (Lipinski definition) is 1. The van der Waals surface area contributed by atoms with Crippen LogP contribution in [-0.2, 0) is 22.5 Å². The Morgan fingerprint density at radius 1 is 1.31 bits per heavy atom.